The van der Waals surface area contributed by atoms with Crippen LogP contribution in [0, 0.1) is 0 Å². The molecule has 3 N–H and O–H groups in total. The molecule has 1 aromatic carbocycles. The van der Waals surface area contributed by atoms with Gasteiger partial charge >= 0.3 is 6.18 Å². The molecule has 0 bridgehead atoms. The van der Waals surface area contributed by atoms with Gasteiger partial charge in [0.25, 0.3) is 0 Å². The van der Waals surface area contributed by atoms with E-state index < -0.39 is 49.0 Å². The molecule has 0 saturated carbocycles. The largest absolute Gasteiger partial charge is 0.468 e. The summed E-state index contributed by atoms with van der Waals surface area (Å²) in [5, 5.41) is 29.9. The minimum atomic E-state index is -4.65. The van der Waals surface area contributed by atoms with E-state index in [4.69, 9.17) is 9.47 Å². The van der Waals surface area contributed by atoms with E-state index in [1.165, 1.54) is 6.07 Å². The standard InChI is InChI=1S/C18H18F3NO5/c19-18(20,21)12-7-4-8-13(22-12)27-17-15(25)14(24)11(9-23)26-16(17)10-5-2-1-3-6-10/h1-8,11,14-17,23-25H,9H2/t11-,14+,15+,16+,17-/m1/s1. The zero-order chi connectivity index (χ0) is 19.6. The number of halogens is 3. The van der Waals surface area contributed by atoms with Crippen molar-refractivity contribution >= 4 is 0 Å². The molecule has 9 heteroatoms. The first-order valence-corrected chi connectivity index (χ1v) is 8.19. The van der Waals surface area contributed by atoms with E-state index in [0.29, 0.717) is 5.56 Å². The number of hydrogen-bond acceptors (Lipinski definition) is 6. The molecule has 0 unspecified atom stereocenters. The van der Waals surface area contributed by atoms with Gasteiger partial charge in [0.05, 0.1) is 6.61 Å². The summed E-state index contributed by atoms with van der Waals surface area (Å²) in [5.74, 6) is -0.368. The van der Waals surface area contributed by atoms with Crippen LogP contribution in [0.5, 0.6) is 5.88 Å². The number of ether oxygens (including phenoxy) is 2. The number of aliphatic hydroxyl groups excluding tert-OH is 3. The summed E-state index contributed by atoms with van der Waals surface area (Å²) in [4.78, 5) is 3.42. The van der Waals surface area contributed by atoms with Gasteiger partial charge in [-0.2, -0.15) is 13.2 Å². The molecule has 0 spiro atoms. The average Bonchev–Trinajstić information content (AvgIpc) is 2.66. The molecule has 1 aliphatic rings. The summed E-state index contributed by atoms with van der Waals surface area (Å²) in [6.45, 7) is -0.546. The van der Waals surface area contributed by atoms with Crippen molar-refractivity contribution in [3.63, 3.8) is 0 Å². The maximum absolute atomic E-state index is 12.9. The number of alkyl halides is 3. The molecule has 6 nitrogen and oxygen atoms in total. The predicted octanol–water partition coefficient (Wildman–Crippen LogP) is 1.70. The molecule has 0 aliphatic carbocycles. The summed E-state index contributed by atoms with van der Waals surface area (Å²) in [6, 6.07) is 11.7. The highest BCUT2D eigenvalue weighted by atomic mass is 19.4. The Morgan fingerprint density at radius 3 is 2.33 bits per heavy atom. The third-order valence-electron chi connectivity index (χ3n) is 4.27. The van der Waals surface area contributed by atoms with Crippen LogP contribution in [0.1, 0.15) is 17.4 Å². The van der Waals surface area contributed by atoms with Crippen LogP contribution in [-0.4, -0.2) is 51.3 Å². The van der Waals surface area contributed by atoms with Gasteiger partial charge in [-0.15, -0.1) is 0 Å². The third kappa shape index (κ3) is 4.22. The Balaban J connectivity index is 1.92. The van der Waals surface area contributed by atoms with Gasteiger partial charge in [0.1, 0.15) is 30.1 Å². The summed E-state index contributed by atoms with van der Waals surface area (Å²) in [5.41, 5.74) is -0.574. The Morgan fingerprint density at radius 1 is 1.00 bits per heavy atom. The lowest BCUT2D eigenvalue weighted by Gasteiger charge is -2.42. The van der Waals surface area contributed by atoms with E-state index in [1.54, 1.807) is 30.3 Å². The van der Waals surface area contributed by atoms with E-state index in [2.05, 4.69) is 4.98 Å². The fraction of sp³-hybridized carbons (Fsp3) is 0.389. The highest BCUT2D eigenvalue weighted by Gasteiger charge is 2.46. The second-order valence-corrected chi connectivity index (χ2v) is 6.11. The molecular weight excluding hydrogens is 367 g/mol. The number of benzene rings is 1. The van der Waals surface area contributed by atoms with Crippen LogP contribution >= 0.6 is 0 Å². The van der Waals surface area contributed by atoms with Gasteiger partial charge in [-0.1, -0.05) is 36.4 Å². The summed E-state index contributed by atoms with van der Waals surface area (Å²) in [6.07, 6.45) is -10.9. The lowest BCUT2D eigenvalue weighted by molar-refractivity contribution is -0.226. The van der Waals surface area contributed by atoms with Crippen LogP contribution in [0.2, 0.25) is 0 Å². The van der Waals surface area contributed by atoms with Crippen LogP contribution in [0.4, 0.5) is 13.2 Å². The maximum atomic E-state index is 12.9. The van der Waals surface area contributed by atoms with E-state index in [9.17, 15) is 28.5 Å². The van der Waals surface area contributed by atoms with Gasteiger partial charge in [-0.25, -0.2) is 4.98 Å². The van der Waals surface area contributed by atoms with Gasteiger partial charge in [0, 0.05) is 6.07 Å². The highest BCUT2D eigenvalue weighted by molar-refractivity contribution is 5.23. The van der Waals surface area contributed by atoms with E-state index in [0.717, 1.165) is 12.1 Å². The van der Waals surface area contributed by atoms with Crippen LogP contribution in [-0.2, 0) is 10.9 Å². The maximum Gasteiger partial charge on any atom is 0.433 e. The molecule has 0 amide bonds. The third-order valence-corrected chi connectivity index (χ3v) is 4.27. The lowest BCUT2D eigenvalue weighted by atomic mass is 9.91. The molecule has 0 radical (unpaired) electrons. The molecule has 27 heavy (non-hydrogen) atoms. The number of aromatic nitrogens is 1. The molecule has 2 heterocycles. The van der Waals surface area contributed by atoms with Crippen LogP contribution in [0.15, 0.2) is 48.5 Å². The second kappa shape index (κ2) is 7.81. The quantitative estimate of drug-likeness (QED) is 0.742. The number of hydrogen-bond donors (Lipinski definition) is 3. The fourth-order valence-corrected chi connectivity index (χ4v) is 2.91. The van der Waals surface area contributed by atoms with Gasteiger partial charge in [-0.05, 0) is 11.6 Å². The molecule has 3 rings (SSSR count). The van der Waals surface area contributed by atoms with Crippen LogP contribution < -0.4 is 4.74 Å². The Kier molecular flexibility index (Phi) is 5.66. The smallest absolute Gasteiger partial charge is 0.433 e. The first-order valence-electron chi connectivity index (χ1n) is 8.19. The molecule has 2 aromatic rings. The minimum Gasteiger partial charge on any atom is -0.468 e. The van der Waals surface area contributed by atoms with Crippen molar-refractivity contribution in [3.8, 4) is 5.88 Å². The van der Waals surface area contributed by atoms with Gasteiger partial charge < -0.3 is 24.8 Å². The topological polar surface area (TPSA) is 92.0 Å². The minimum absolute atomic E-state index is 0.368. The second-order valence-electron chi connectivity index (χ2n) is 6.11. The number of aliphatic hydroxyl groups is 3. The van der Waals surface area contributed by atoms with E-state index in [1.807, 2.05) is 0 Å². The molecule has 1 saturated heterocycles. The molecule has 1 aliphatic heterocycles. The summed E-state index contributed by atoms with van der Waals surface area (Å²) < 4.78 is 49.7. The van der Waals surface area contributed by atoms with Crippen molar-refractivity contribution < 1.29 is 38.0 Å². The number of nitrogens with zero attached hydrogens (tertiary/aromatic N) is 1. The van der Waals surface area contributed by atoms with Crippen LogP contribution in [0.25, 0.3) is 0 Å². The Labute approximate surface area is 152 Å². The fourth-order valence-electron chi connectivity index (χ4n) is 2.91. The van der Waals surface area contributed by atoms with E-state index >= 15 is 0 Å². The van der Waals surface area contributed by atoms with Crippen molar-refractivity contribution in [1.29, 1.82) is 0 Å². The van der Waals surface area contributed by atoms with Crippen LogP contribution in [0.3, 0.4) is 0 Å². The van der Waals surface area contributed by atoms with Gasteiger partial charge in [-0.3, -0.25) is 0 Å². The molecule has 1 fully saturated rings. The molecular formula is C18H18F3NO5. The predicted molar refractivity (Wildman–Crippen MR) is 86.8 cm³/mol. The van der Waals surface area contributed by atoms with E-state index in [-0.39, 0.29) is 5.88 Å². The number of rotatable bonds is 4. The zero-order valence-electron chi connectivity index (χ0n) is 14.0. The SMILES string of the molecule is OC[C@H]1O[C@@H](c2ccccc2)[C@H](Oc2cccc(C(F)(F)F)n2)[C@@H](O)[C@H]1O. The summed E-state index contributed by atoms with van der Waals surface area (Å²) >= 11 is 0. The van der Waals surface area contributed by atoms with Crippen molar-refractivity contribution in [3.05, 3.63) is 59.8 Å². The highest BCUT2D eigenvalue weighted by Crippen LogP contribution is 2.35. The lowest BCUT2D eigenvalue weighted by Crippen LogP contribution is -2.57. The van der Waals surface area contributed by atoms with Crippen molar-refractivity contribution in [2.45, 2.75) is 36.7 Å². The average molecular weight is 385 g/mol. The number of pyridine rings is 1. The normalized spacial score (nSPS) is 28.7. The molecule has 1 aromatic heterocycles. The summed E-state index contributed by atoms with van der Waals surface area (Å²) in [7, 11) is 0. The van der Waals surface area contributed by atoms with Gasteiger partial charge in [0.2, 0.25) is 5.88 Å². The molecule has 5 atom stereocenters. The first-order chi connectivity index (χ1) is 12.8. The van der Waals surface area contributed by atoms with Gasteiger partial charge in [0.15, 0.2) is 6.10 Å². The molecule has 146 valence electrons. The van der Waals surface area contributed by atoms with Crippen molar-refractivity contribution in [2.75, 3.05) is 6.61 Å². The first kappa shape index (κ1) is 19.6. The Hall–Kier alpha value is -2.20. The zero-order valence-corrected chi connectivity index (χ0v) is 14.0. The van der Waals surface area contributed by atoms with Crippen molar-refractivity contribution in [1.82, 2.24) is 4.98 Å². The Bertz CT molecular complexity index is 758. The monoisotopic (exact) mass is 385 g/mol. The van der Waals surface area contributed by atoms with Crippen molar-refractivity contribution in [2.24, 2.45) is 0 Å². The Morgan fingerprint density at radius 2 is 1.70 bits per heavy atom.